The Kier molecular flexibility index (Phi) is 2.49. The van der Waals surface area contributed by atoms with Gasteiger partial charge in [-0.3, -0.25) is 0 Å². The SMILES string of the molecule is Cc1cc(O)c(O)c(C(C)(C)C)c1C. The monoisotopic (exact) mass is 194 g/mol. The zero-order valence-electron chi connectivity index (χ0n) is 9.47. The molecule has 0 aromatic heterocycles. The molecule has 0 aliphatic carbocycles. The number of aryl methyl sites for hydroxylation is 1. The van der Waals surface area contributed by atoms with Crippen LogP contribution >= 0.6 is 0 Å². The number of benzene rings is 1. The second-order valence-corrected chi connectivity index (χ2v) is 4.81. The lowest BCUT2D eigenvalue weighted by atomic mass is 9.82. The third-order valence-corrected chi connectivity index (χ3v) is 2.55. The standard InChI is InChI=1S/C12H18O2/c1-7-6-9(13)11(14)10(8(7)2)12(3,4)5/h6,13-14H,1-5H3. The zero-order valence-corrected chi connectivity index (χ0v) is 9.47. The van der Waals surface area contributed by atoms with E-state index in [0.29, 0.717) is 0 Å². The van der Waals surface area contributed by atoms with Crippen molar-refractivity contribution in [2.45, 2.75) is 40.0 Å². The van der Waals surface area contributed by atoms with Gasteiger partial charge in [0, 0.05) is 5.56 Å². The third-order valence-electron chi connectivity index (χ3n) is 2.55. The largest absolute Gasteiger partial charge is 0.504 e. The summed E-state index contributed by atoms with van der Waals surface area (Å²) in [4.78, 5) is 0. The van der Waals surface area contributed by atoms with Crippen molar-refractivity contribution in [1.82, 2.24) is 0 Å². The van der Waals surface area contributed by atoms with Crippen LogP contribution in [-0.4, -0.2) is 10.2 Å². The molecule has 1 aromatic carbocycles. The third kappa shape index (κ3) is 1.69. The topological polar surface area (TPSA) is 40.5 Å². The Morgan fingerprint density at radius 1 is 1.07 bits per heavy atom. The molecule has 2 nitrogen and oxygen atoms in total. The molecule has 78 valence electrons. The molecular formula is C12H18O2. The van der Waals surface area contributed by atoms with Gasteiger partial charge in [-0.25, -0.2) is 0 Å². The van der Waals surface area contributed by atoms with E-state index in [1.165, 1.54) is 0 Å². The van der Waals surface area contributed by atoms with Crippen molar-refractivity contribution in [1.29, 1.82) is 0 Å². The molecule has 0 heterocycles. The lowest BCUT2D eigenvalue weighted by molar-refractivity contribution is 0.387. The average Bonchev–Trinajstić information content (AvgIpc) is 1.98. The Balaban J connectivity index is 3.56. The first-order valence-electron chi connectivity index (χ1n) is 4.77. The molecule has 1 aromatic rings. The molecule has 0 saturated carbocycles. The number of aromatic hydroxyl groups is 2. The minimum Gasteiger partial charge on any atom is -0.504 e. The predicted molar refractivity (Wildman–Crippen MR) is 57.9 cm³/mol. The van der Waals surface area contributed by atoms with E-state index in [2.05, 4.69) is 0 Å². The second-order valence-electron chi connectivity index (χ2n) is 4.81. The average molecular weight is 194 g/mol. The van der Waals surface area contributed by atoms with E-state index in [9.17, 15) is 10.2 Å². The Labute approximate surface area is 85.2 Å². The summed E-state index contributed by atoms with van der Waals surface area (Å²) in [5, 5.41) is 19.3. The van der Waals surface area contributed by atoms with E-state index in [-0.39, 0.29) is 16.9 Å². The van der Waals surface area contributed by atoms with Crippen LogP contribution in [0.1, 0.15) is 37.5 Å². The van der Waals surface area contributed by atoms with E-state index >= 15 is 0 Å². The first-order valence-corrected chi connectivity index (χ1v) is 4.77. The van der Waals surface area contributed by atoms with Gasteiger partial charge in [-0.15, -0.1) is 0 Å². The summed E-state index contributed by atoms with van der Waals surface area (Å²) in [5.41, 5.74) is 2.73. The number of rotatable bonds is 0. The minimum atomic E-state index is -0.155. The van der Waals surface area contributed by atoms with E-state index in [1.54, 1.807) is 6.07 Å². The molecule has 0 atom stereocenters. The first kappa shape index (κ1) is 10.9. The highest BCUT2D eigenvalue weighted by molar-refractivity contribution is 5.54. The van der Waals surface area contributed by atoms with Crippen molar-refractivity contribution in [2.24, 2.45) is 0 Å². The van der Waals surface area contributed by atoms with Gasteiger partial charge < -0.3 is 10.2 Å². The van der Waals surface area contributed by atoms with Crippen molar-refractivity contribution < 1.29 is 10.2 Å². The molecule has 0 radical (unpaired) electrons. The molecule has 0 fully saturated rings. The fraction of sp³-hybridized carbons (Fsp3) is 0.500. The van der Waals surface area contributed by atoms with E-state index in [0.717, 1.165) is 16.7 Å². The van der Waals surface area contributed by atoms with Gasteiger partial charge in [0.1, 0.15) is 0 Å². The highest BCUT2D eigenvalue weighted by Crippen LogP contribution is 2.40. The van der Waals surface area contributed by atoms with Crippen LogP contribution in [0.4, 0.5) is 0 Å². The Hall–Kier alpha value is -1.18. The molecule has 1 rings (SSSR count). The summed E-state index contributed by atoms with van der Waals surface area (Å²) in [6.07, 6.45) is 0. The van der Waals surface area contributed by atoms with Crippen molar-refractivity contribution in [3.05, 3.63) is 22.8 Å². The van der Waals surface area contributed by atoms with E-state index in [4.69, 9.17) is 0 Å². The molecule has 0 saturated heterocycles. The number of hydrogen-bond acceptors (Lipinski definition) is 2. The summed E-state index contributed by atoms with van der Waals surface area (Å²) >= 11 is 0. The fourth-order valence-corrected chi connectivity index (χ4v) is 1.80. The zero-order chi connectivity index (χ0) is 11.1. The van der Waals surface area contributed by atoms with Crippen LogP contribution in [0.2, 0.25) is 0 Å². The fourth-order valence-electron chi connectivity index (χ4n) is 1.80. The lowest BCUT2D eigenvalue weighted by Crippen LogP contribution is -2.14. The Bertz CT molecular complexity index is 333. The van der Waals surface area contributed by atoms with Gasteiger partial charge in [-0.1, -0.05) is 20.8 Å². The Morgan fingerprint density at radius 3 is 2.00 bits per heavy atom. The van der Waals surface area contributed by atoms with Gasteiger partial charge in [-0.2, -0.15) is 0 Å². The van der Waals surface area contributed by atoms with Crippen LogP contribution in [0.25, 0.3) is 0 Å². The van der Waals surface area contributed by atoms with Gasteiger partial charge >= 0.3 is 0 Å². The van der Waals surface area contributed by atoms with Crippen LogP contribution in [0.5, 0.6) is 11.5 Å². The van der Waals surface area contributed by atoms with E-state index < -0.39 is 0 Å². The minimum absolute atomic E-state index is 0.0144. The molecular weight excluding hydrogens is 176 g/mol. The molecule has 0 bridgehead atoms. The van der Waals surface area contributed by atoms with Gasteiger partial charge in [0.05, 0.1) is 0 Å². The quantitative estimate of drug-likeness (QED) is 0.623. The lowest BCUT2D eigenvalue weighted by Gasteiger charge is -2.24. The molecule has 14 heavy (non-hydrogen) atoms. The molecule has 0 unspecified atom stereocenters. The smallest absolute Gasteiger partial charge is 0.161 e. The maximum Gasteiger partial charge on any atom is 0.161 e. The van der Waals surface area contributed by atoms with Gasteiger partial charge in [0.25, 0.3) is 0 Å². The first-order chi connectivity index (χ1) is 6.25. The summed E-state index contributed by atoms with van der Waals surface area (Å²) < 4.78 is 0. The summed E-state index contributed by atoms with van der Waals surface area (Å²) in [6, 6.07) is 1.60. The maximum absolute atomic E-state index is 9.79. The molecule has 2 N–H and O–H groups in total. The molecule has 2 heteroatoms. The van der Waals surface area contributed by atoms with Crippen molar-refractivity contribution in [2.75, 3.05) is 0 Å². The van der Waals surface area contributed by atoms with Crippen molar-refractivity contribution in [3.8, 4) is 11.5 Å². The van der Waals surface area contributed by atoms with Gasteiger partial charge in [-0.05, 0) is 36.5 Å². The van der Waals surface area contributed by atoms with Crippen molar-refractivity contribution >= 4 is 0 Å². The second kappa shape index (κ2) is 3.19. The predicted octanol–water partition coefficient (Wildman–Crippen LogP) is 3.01. The summed E-state index contributed by atoms with van der Waals surface area (Å²) in [7, 11) is 0. The van der Waals surface area contributed by atoms with Gasteiger partial charge in [0.15, 0.2) is 11.5 Å². The molecule has 0 aliphatic heterocycles. The number of hydrogen-bond donors (Lipinski definition) is 2. The van der Waals surface area contributed by atoms with Crippen LogP contribution in [0, 0.1) is 13.8 Å². The highest BCUT2D eigenvalue weighted by atomic mass is 16.3. The van der Waals surface area contributed by atoms with Crippen molar-refractivity contribution in [3.63, 3.8) is 0 Å². The number of phenolic OH excluding ortho intramolecular Hbond substituents is 2. The molecule has 0 spiro atoms. The normalized spacial score (nSPS) is 11.8. The van der Waals surface area contributed by atoms with Crippen LogP contribution in [-0.2, 0) is 5.41 Å². The summed E-state index contributed by atoms with van der Waals surface area (Å²) in [6.45, 7) is 9.97. The number of phenols is 2. The maximum atomic E-state index is 9.79. The summed E-state index contributed by atoms with van der Waals surface area (Å²) in [5.74, 6) is -0.0152. The van der Waals surface area contributed by atoms with Crippen LogP contribution in [0.15, 0.2) is 6.07 Å². The molecule has 0 aliphatic rings. The Morgan fingerprint density at radius 2 is 1.57 bits per heavy atom. The highest BCUT2D eigenvalue weighted by Gasteiger charge is 2.23. The van der Waals surface area contributed by atoms with Gasteiger partial charge in [0.2, 0.25) is 0 Å². The van der Waals surface area contributed by atoms with E-state index in [1.807, 2.05) is 34.6 Å². The van der Waals surface area contributed by atoms with Crippen LogP contribution < -0.4 is 0 Å². The van der Waals surface area contributed by atoms with Crippen LogP contribution in [0.3, 0.4) is 0 Å². The molecule has 0 amide bonds.